The molecule has 4 aromatic heterocycles. The zero-order chi connectivity index (χ0) is 25.6. The zero-order valence-electron chi connectivity index (χ0n) is 20.8. The van der Waals surface area contributed by atoms with Crippen molar-refractivity contribution >= 4 is 5.69 Å². The Hall–Kier alpha value is -4.84. The highest BCUT2D eigenvalue weighted by Gasteiger charge is 2.23. The number of phenolic OH excluding ortho intramolecular Hbond substituents is 1. The molecule has 8 bridgehead atoms. The summed E-state index contributed by atoms with van der Waals surface area (Å²) >= 11 is 0. The normalized spacial score (nSPS) is 16.9. The predicted molar refractivity (Wildman–Crippen MR) is 150 cm³/mol. The Morgan fingerprint density at radius 1 is 0.474 bits per heavy atom. The maximum atomic E-state index is 9.88. The molecule has 2 aromatic carbocycles. The van der Waals surface area contributed by atoms with Crippen LogP contribution in [0.1, 0.15) is 68.5 Å². The lowest BCUT2D eigenvalue weighted by Crippen LogP contribution is -2.07. The van der Waals surface area contributed by atoms with Crippen molar-refractivity contribution in [1.82, 2.24) is 19.9 Å². The standard InChI is InChI=1S/C32H29N5O/c33-21-5-1-19(2-6-21)31-27-13-7-22(34-27)17-24-9-15-29(36-24)32(20-3-11-26(38)12-4-20)30-16-10-25(37-30)18-23-8-14-28(31)35-23/h1-16,31-32,34-38H,17-18,33H2. The number of aromatic nitrogens is 4. The summed E-state index contributed by atoms with van der Waals surface area (Å²) in [4.78, 5) is 14.8. The number of aromatic hydroxyl groups is 1. The van der Waals surface area contributed by atoms with Crippen molar-refractivity contribution in [2.45, 2.75) is 24.7 Å². The third-order valence-corrected chi connectivity index (χ3v) is 7.58. The Bertz CT molecular complexity index is 1490. The molecule has 0 unspecified atom stereocenters. The summed E-state index contributed by atoms with van der Waals surface area (Å²) in [6, 6.07) is 33.0. The average Bonchev–Trinajstić information content (AvgIpc) is 3.72. The van der Waals surface area contributed by atoms with Gasteiger partial charge in [-0.2, -0.15) is 0 Å². The highest BCUT2D eigenvalue weighted by molar-refractivity contribution is 5.47. The first-order valence-electron chi connectivity index (χ1n) is 12.9. The number of phenols is 1. The van der Waals surface area contributed by atoms with Crippen LogP contribution in [0.4, 0.5) is 5.69 Å². The Morgan fingerprint density at radius 2 is 0.816 bits per heavy atom. The first kappa shape index (κ1) is 22.4. The highest BCUT2D eigenvalue weighted by Crippen LogP contribution is 2.35. The van der Waals surface area contributed by atoms with Crippen molar-refractivity contribution in [3.63, 3.8) is 0 Å². The minimum atomic E-state index is -0.000640. The van der Waals surface area contributed by atoms with E-state index in [4.69, 9.17) is 5.73 Å². The fourth-order valence-electron chi connectivity index (χ4n) is 5.74. The predicted octanol–water partition coefficient (Wildman–Crippen LogP) is 6.14. The number of nitrogens with two attached hydrogens (primary N) is 1. The van der Waals surface area contributed by atoms with Gasteiger partial charge in [0.25, 0.3) is 0 Å². The van der Waals surface area contributed by atoms with Gasteiger partial charge in [0.05, 0.1) is 11.8 Å². The third-order valence-electron chi connectivity index (χ3n) is 7.58. The van der Waals surface area contributed by atoms with Gasteiger partial charge in [-0.15, -0.1) is 0 Å². The minimum Gasteiger partial charge on any atom is -0.508 e. The maximum absolute atomic E-state index is 9.88. The smallest absolute Gasteiger partial charge is 0.115 e. The van der Waals surface area contributed by atoms with E-state index in [0.717, 1.165) is 69.6 Å². The molecule has 188 valence electrons. The summed E-state index contributed by atoms with van der Waals surface area (Å²) in [5.41, 5.74) is 18.1. The average molecular weight is 500 g/mol. The Labute approximate surface area is 220 Å². The number of fused-ring (bicyclic) bond motifs is 8. The molecule has 1 aliphatic rings. The van der Waals surface area contributed by atoms with E-state index >= 15 is 0 Å². The molecule has 0 saturated heterocycles. The van der Waals surface area contributed by atoms with Crippen LogP contribution < -0.4 is 5.73 Å². The van der Waals surface area contributed by atoms with Gasteiger partial charge in [-0.25, -0.2) is 0 Å². The lowest BCUT2D eigenvalue weighted by atomic mass is 9.92. The van der Waals surface area contributed by atoms with Crippen LogP contribution in [0.3, 0.4) is 0 Å². The number of aromatic amines is 4. The molecule has 0 saturated carbocycles. The Kier molecular flexibility index (Phi) is 5.25. The first-order chi connectivity index (χ1) is 18.6. The van der Waals surface area contributed by atoms with Gasteiger partial charge >= 0.3 is 0 Å². The summed E-state index contributed by atoms with van der Waals surface area (Å²) in [5.74, 6) is 0.311. The molecule has 38 heavy (non-hydrogen) atoms. The number of nitrogen functional groups attached to an aromatic ring is 1. The van der Waals surface area contributed by atoms with E-state index in [-0.39, 0.29) is 17.6 Å². The molecule has 0 amide bonds. The van der Waals surface area contributed by atoms with E-state index in [2.05, 4.69) is 80.6 Å². The lowest BCUT2D eigenvalue weighted by molar-refractivity contribution is 0.475. The fourth-order valence-corrected chi connectivity index (χ4v) is 5.74. The van der Waals surface area contributed by atoms with Crippen molar-refractivity contribution in [2.24, 2.45) is 0 Å². The van der Waals surface area contributed by atoms with Crippen LogP contribution in [0.2, 0.25) is 0 Å². The van der Waals surface area contributed by atoms with Crippen molar-refractivity contribution in [3.05, 3.63) is 154 Å². The van der Waals surface area contributed by atoms with Crippen LogP contribution in [0.15, 0.2) is 97.1 Å². The molecule has 6 nitrogen and oxygen atoms in total. The van der Waals surface area contributed by atoms with E-state index in [0.29, 0.717) is 0 Å². The molecule has 0 aliphatic carbocycles. The van der Waals surface area contributed by atoms with Gasteiger partial charge in [0, 0.05) is 64.1 Å². The molecule has 7 N–H and O–H groups in total. The molecule has 0 spiro atoms. The van der Waals surface area contributed by atoms with Gasteiger partial charge in [0.1, 0.15) is 5.75 Å². The summed E-state index contributed by atoms with van der Waals surface area (Å²) in [7, 11) is 0. The summed E-state index contributed by atoms with van der Waals surface area (Å²) in [6.07, 6.45) is 1.53. The number of hydrogen-bond donors (Lipinski definition) is 6. The van der Waals surface area contributed by atoms with E-state index in [1.165, 1.54) is 5.56 Å². The molecule has 0 fully saturated rings. The van der Waals surface area contributed by atoms with Crippen LogP contribution in [-0.4, -0.2) is 25.0 Å². The summed E-state index contributed by atoms with van der Waals surface area (Å²) in [6.45, 7) is 0. The first-order valence-corrected chi connectivity index (χ1v) is 12.9. The number of rotatable bonds is 2. The molecule has 6 aromatic rings. The van der Waals surface area contributed by atoms with Crippen molar-refractivity contribution in [2.75, 3.05) is 5.73 Å². The Balaban J connectivity index is 1.35. The SMILES string of the molecule is Nc1ccc(C2c3ccc([nH]3)Cc3ccc([nH]3)C(c3ccc(O)cc3)c3ccc([nH]3)Cc3ccc2[nH]3)cc1. The van der Waals surface area contributed by atoms with Crippen molar-refractivity contribution < 1.29 is 5.11 Å². The molecule has 7 rings (SSSR count). The van der Waals surface area contributed by atoms with Crippen LogP contribution in [0, 0.1) is 0 Å². The Morgan fingerprint density at radius 3 is 1.18 bits per heavy atom. The van der Waals surface area contributed by atoms with Crippen LogP contribution in [0.5, 0.6) is 5.75 Å². The van der Waals surface area contributed by atoms with Gasteiger partial charge in [0.15, 0.2) is 0 Å². The number of anilines is 1. The second-order valence-electron chi connectivity index (χ2n) is 10.2. The second-order valence-corrected chi connectivity index (χ2v) is 10.2. The van der Waals surface area contributed by atoms with Crippen LogP contribution in [0.25, 0.3) is 0 Å². The van der Waals surface area contributed by atoms with E-state index in [1.807, 2.05) is 24.3 Å². The van der Waals surface area contributed by atoms with Crippen molar-refractivity contribution in [1.29, 1.82) is 0 Å². The molecule has 5 heterocycles. The van der Waals surface area contributed by atoms with Gasteiger partial charge in [-0.1, -0.05) is 24.3 Å². The van der Waals surface area contributed by atoms with Gasteiger partial charge < -0.3 is 30.8 Å². The molecule has 6 heteroatoms. The van der Waals surface area contributed by atoms with Crippen LogP contribution in [-0.2, 0) is 12.8 Å². The molecular formula is C32H29N5O. The van der Waals surface area contributed by atoms with Crippen LogP contribution >= 0.6 is 0 Å². The summed E-state index contributed by atoms with van der Waals surface area (Å²) in [5, 5.41) is 9.88. The minimum absolute atomic E-state index is 0.000640. The lowest BCUT2D eigenvalue weighted by Gasteiger charge is -2.17. The van der Waals surface area contributed by atoms with Gasteiger partial charge in [0.2, 0.25) is 0 Å². The van der Waals surface area contributed by atoms with E-state index < -0.39 is 0 Å². The number of benzene rings is 2. The quantitative estimate of drug-likeness (QED) is 0.161. The summed E-state index contributed by atoms with van der Waals surface area (Å²) < 4.78 is 0. The van der Waals surface area contributed by atoms with Gasteiger partial charge in [-0.05, 0) is 83.9 Å². The largest absolute Gasteiger partial charge is 0.508 e. The van der Waals surface area contributed by atoms with E-state index in [1.54, 1.807) is 12.1 Å². The third kappa shape index (κ3) is 4.10. The van der Waals surface area contributed by atoms with Gasteiger partial charge in [-0.3, -0.25) is 0 Å². The zero-order valence-corrected chi connectivity index (χ0v) is 20.8. The molecule has 0 atom stereocenters. The van der Waals surface area contributed by atoms with Crippen molar-refractivity contribution in [3.8, 4) is 5.75 Å². The number of H-pyrrole nitrogens is 4. The molecule has 1 aliphatic heterocycles. The van der Waals surface area contributed by atoms with E-state index in [9.17, 15) is 5.11 Å². The molecule has 0 radical (unpaired) electrons. The fraction of sp³-hybridized carbons (Fsp3) is 0.125. The maximum Gasteiger partial charge on any atom is 0.115 e. The second kappa shape index (κ2) is 8.92. The molecular weight excluding hydrogens is 470 g/mol. The number of nitrogens with one attached hydrogen (secondary N) is 4. The highest BCUT2D eigenvalue weighted by atomic mass is 16.3. The topological polar surface area (TPSA) is 109 Å². The number of hydrogen-bond acceptors (Lipinski definition) is 2. The monoisotopic (exact) mass is 499 g/mol.